The summed E-state index contributed by atoms with van der Waals surface area (Å²) >= 11 is 9.25. The summed E-state index contributed by atoms with van der Waals surface area (Å²) < 4.78 is 2.55. The molecule has 2 rings (SSSR count). The van der Waals surface area contributed by atoms with Crippen molar-refractivity contribution in [1.29, 1.82) is 0 Å². The van der Waals surface area contributed by atoms with E-state index in [1.807, 2.05) is 18.2 Å². The summed E-state index contributed by atoms with van der Waals surface area (Å²) in [5, 5.41) is 14.2. The summed E-state index contributed by atoms with van der Waals surface area (Å²) in [7, 11) is 0. The van der Waals surface area contributed by atoms with Crippen LogP contribution < -0.4 is 0 Å². The van der Waals surface area contributed by atoms with Gasteiger partial charge in [0.25, 0.3) is 0 Å². The zero-order valence-electron chi connectivity index (χ0n) is 8.56. The van der Waals surface area contributed by atoms with Crippen LogP contribution in [0.5, 0.6) is 0 Å². The van der Waals surface area contributed by atoms with Crippen molar-refractivity contribution in [3.8, 4) is 5.69 Å². The Balaban J connectivity index is 2.44. The summed E-state index contributed by atoms with van der Waals surface area (Å²) in [5.74, 6) is 0. The fourth-order valence-corrected chi connectivity index (χ4v) is 2.12. The Morgan fingerprint density at radius 3 is 2.75 bits per heavy atom. The van der Waals surface area contributed by atoms with Crippen LogP contribution in [-0.4, -0.2) is 14.9 Å². The maximum Gasteiger partial charge on any atom is 0.0790 e. The quantitative estimate of drug-likeness (QED) is 0.924. The maximum absolute atomic E-state index is 9.45. The normalized spacial score (nSPS) is 12.8. The van der Waals surface area contributed by atoms with Crippen LogP contribution in [0.3, 0.4) is 0 Å². The monoisotopic (exact) mass is 300 g/mol. The molecule has 2 aromatic rings. The van der Waals surface area contributed by atoms with Crippen LogP contribution in [0.25, 0.3) is 5.69 Å². The van der Waals surface area contributed by atoms with Gasteiger partial charge in [0.2, 0.25) is 0 Å². The first kappa shape index (κ1) is 11.6. The summed E-state index contributed by atoms with van der Waals surface area (Å²) in [6.45, 7) is 1.73. The van der Waals surface area contributed by atoms with E-state index in [-0.39, 0.29) is 0 Å². The van der Waals surface area contributed by atoms with Gasteiger partial charge in [0.15, 0.2) is 0 Å². The van der Waals surface area contributed by atoms with Crippen LogP contribution in [0.1, 0.15) is 18.6 Å². The second-order valence-corrected chi connectivity index (χ2v) is 4.78. The first-order valence-electron chi connectivity index (χ1n) is 4.76. The predicted octanol–water partition coefficient (Wildman–Crippen LogP) is 3.34. The minimum absolute atomic E-state index is 0.480. The second kappa shape index (κ2) is 4.57. The Labute approximate surface area is 107 Å². The third-order valence-electron chi connectivity index (χ3n) is 2.25. The van der Waals surface area contributed by atoms with Gasteiger partial charge in [-0.15, -0.1) is 0 Å². The fraction of sp³-hybridized carbons (Fsp3) is 0.182. The lowest BCUT2D eigenvalue weighted by atomic mass is 10.1. The molecular formula is C11H10BrClN2O. The molecule has 84 valence electrons. The molecule has 0 bridgehead atoms. The fourth-order valence-electron chi connectivity index (χ4n) is 1.40. The van der Waals surface area contributed by atoms with Crippen molar-refractivity contribution in [1.82, 2.24) is 9.78 Å². The predicted molar refractivity (Wildman–Crippen MR) is 66.9 cm³/mol. The number of hydrogen-bond donors (Lipinski definition) is 1. The molecule has 0 saturated heterocycles. The van der Waals surface area contributed by atoms with Crippen molar-refractivity contribution in [2.45, 2.75) is 13.0 Å². The van der Waals surface area contributed by atoms with E-state index in [2.05, 4.69) is 21.0 Å². The van der Waals surface area contributed by atoms with Gasteiger partial charge in [0.05, 0.1) is 23.0 Å². The van der Waals surface area contributed by atoms with E-state index in [9.17, 15) is 5.11 Å². The molecule has 0 aliphatic carbocycles. The Morgan fingerprint density at radius 2 is 2.25 bits per heavy atom. The van der Waals surface area contributed by atoms with E-state index in [1.165, 1.54) is 0 Å². The third kappa shape index (κ3) is 2.29. The third-order valence-corrected chi connectivity index (χ3v) is 3.08. The molecule has 3 nitrogen and oxygen atoms in total. The number of hydrogen-bond acceptors (Lipinski definition) is 2. The zero-order chi connectivity index (χ0) is 11.7. The Morgan fingerprint density at radius 1 is 1.50 bits per heavy atom. The number of aliphatic hydroxyl groups is 1. The van der Waals surface area contributed by atoms with Crippen molar-refractivity contribution in [2.75, 3.05) is 0 Å². The van der Waals surface area contributed by atoms with Gasteiger partial charge in [-0.3, -0.25) is 0 Å². The molecule has 0 aliphatic heterocycles. The second-order valence-electron chi connectivity index (χ2n) is 3.49. The van der Waals surface area contributed by atoms with Gasteiger partial charge in [-0.25, -0.2) is 4.68 Å². The standard InChI is InChI=1S/C11H10BrClN2O/c1-7(16)8-2-3-11(10(12)4-8)15-6-9(13)5-14-15/h2-7,16H,1H3/t7-/m0/s1. The lowest BCUT2D eigenvalue weighted by molar-refractivity contribution is 0.199. The molecule has 0 radical (unpaired) electrons. The zero-order valence-corrected chi connectivity index (χ0v) is 10.9. The lowest BCUT2D eigenvalue weighted by Gasteiger charge is -2.09. The van der Waals surface area contributed by atoms with E-state index in [4.69, 9.17) is 11.6 Å². The minimum Gasteiger partial charge on any atom is -0.389 e. The number of benzene rings is 1. The Kier molecular flexibility index (Phi) is 3.33. The molecule has 5 heteroatoms. The number of nitrogens with zero attached hydrogens (tertiary/aromatic N) is 2. The number of rotatable bonds is 2. The van der Waals surface area contributed by atoms with Crippen LogP contribution in [0, 0.1) is 0 Å². The molecule has 1 atom stereocenters. The molecule has 0 unspecified atom stereocenters. The molecule has 1 aromatic heterocycles. The van der Waals surface area contributed by atoms with Crippen LogP contribution in [0.4, 0.5) is 0 Å². The van der Waals surface area contributed by atoms with Crippen molar-refractivity contribution in [3.05, 3.63) is 45.7 Å². The highest BCUT2D eigenvalue weighted by atomic mass is 79.9. The van der Waals surface area contributed by atoms with Gasteiger partial charge in [-0.2, -0.15) is 5.10 Å². The highest BCUT2D eigenvalue weighted by Crippen LogP contribution is 2.25. The molecule has 0 amide bonds. The molecule has 1 aromatic carbocycles. The van der Waals surface area contributed by atoms with Crippen molar-refractivity contribution < 1.29 is 5.11 Å². The van der Waals surface area contributed by atoms with Crippen LogP contribution in [-0.2, 0) is 0 Å². The van der Waals surface area contributed by atoms with E-state index in [0.29, 0.717) is 5.02 Å². The smallest absolute Gasteiger partial charge is 0.0790 e. The van der Waals surface area contributed by atoms with Gasteiger partial charge < -0.3 is 5.11 Å². The van der Waals surface area contributed by atoms with E-state index in [1.54, 1.807) is 24.0 Å². The van der Waals surface area contributed by atoms with Gasteiger partial charge in [-0.1, -0.05) is 17.7 Å². The molecule has 0 fully saturated rings. The summed E-state index contributed by atoms with van der Waals surface area (Å²) in [5.41, 5.74) is 1.74. The lowest BCUT2D eigenvalue weighted by Crippen LogP contribution is -1.98. The minimum atomic E-state index is -0.480. The first-order valence-corrected chi connectivity index (χ1v) is 5.93. The van der Waals surface area contributed by atoms with Gasteiger partial charge in [-0.05, 0) is 40.5 Å². The molecule has 1 heterocycles. The van der Waals surface area contributed by atoms with Crippen LogP contribution in [0.15, 0.2) is 35.1 Å². The van der Waals surface area contributed by atoms with E-state index in [0.717, 1.165) is 15.7 Å². The van der Waals surface area contributed by atoms with Crippen molar-refractivity contribution in [3.63, 3.8) is 0 Å². The SMILES string of the molecule is C[C@H](O)c1ccc(-n2cc(Cl)cn2)c(Br)c1. The largest absolute Gasteiger partial charge is 0.389 e. The Bertz CT molecular complexity index is 510. The van der Waals surface area contributed by atoms with Crippen molar-refractivity contribution in [2.24, 2.45) is 0 Å². The van der Waals surface area contributed by atoms with Gasteiger partial charge in [0, 0.05) is 10.7 Å². The molecule has 0 aliphatic rings. The average molecular weight is 302 g/mol. The number of halogens is 2. The number of aromatic nitrogens is 2. The number of aliphatic hydroxyl groups excluding tert-OH is 1. The molecule has 0 saturated carbocycles. The highest BCUT2D eigenvalue weighted by molar-refractivity contribution is 9.10. The average Bonchev–Trinajstić information content (AvgIpc) is 2.64. The van der Waals surface area contributed by atoms with Crippen molar-refractivity contribution >= 4 is 27.5 Å². The summed E-state index contributed by atoms with van der Waals surface area (Å²) in [6, 6.07) is 5.62. The van der Waals surface area contributed by atoms with E-state index < -0.39 is 6.10 Å². The highest BCUT2D eigenvalue weighted by Gasteiger charge is 2.07. The Hall–Kier alpha value is -0.840. The molecule has 1 N–H and O–H groups in total. The van der Waals surface area contributed by atoms with Crippen LogP contribution >= 0.6 is 27.5 Å². The summed E-state index contributed by atoms with van der Waals surface area (Å²) in [6.07, 6.45) is 2.83. The first-order chi connectivity index (χ1) is 7.58. The van der Waals surface area contributed by atoms with Gasteiger partial charge >= 0.3 is 0 Å². The topological polar surface area (TPSA) is 38.0 Å². The van der Waals surface area contributed by atoms with Gasteiger partial charge in [0.1, 0.15) is 0 Å². The molecule has 0 spiro atoms. The molecular weight excluding hydrogens is 291 g/mol. The summed E-state index contributed by atoms with van der Waals surface area (Å²) in [4.78, 5) is 0. The van der Waals surface area contributed by atoms with Crippen LogP contribution in [0.2, 0.25) is 5.02 Å². The maximum atomic E-state index is 9.45. The van der Waals surface area contributed by atoms with E-state index >= 15 is 0 Å². The molecule has 16 heavy (non-hydrogen) atoms.